The second-order valence-electron chi connectivity index (χ2n) is 5.91. The van der Waals surface area contributed by atoms with Crippen molar-refractivity contribution in [2.45, 2.75) is 20.0 Å². The molecule has 130 valence electrons. The zero-order valence-corrected chi connectivity index (χ0v) is 14.4. The van der Waals surface area contributed by atoms with Gasteiger partial charge in [0.15, 0.2) is 0 Å². The highest BCUT2D eigenvalue weighted by Crippen LogP contribution is 2.22. The molecule has 4 aromatic rings. The third kappa shape index (κ3) is 2.97. The summed E-state index contributed by atoms with van der Waals surface area (Å²) in [4.78, 5) is 14.9. The first-order chi connectivity index (χ1) is 12.8. The molecule has 2 aromatic carbocycles. The summed E-state index contributed by atoms with van der Waals surface area (Å²) in [6.45, 7) is 3.10. The summed E-state index contributed by atoms with van der Waals surface area (Å²) in [7, 11) is 0. The number of carbonyl (C=O) groups is 1. The van der Waals surface area contributed by atoms with Crippen LogP contribution in [0, 0.1) is 0 Å². The zero-order chi connectivity index (χ0) is 17.9. The van der Waals surface area contributed by atoms with Crippen LogP contribution in [0.2, 0.25) is 0 Å². The van der Waals surface area contributed by atoms with E-state index in [0.717, 1.165) is 23.5 Å². The average molecular weight is 346 g/mol. The molecule has 2 aromatic heterocycles. The van der Waals surface area contributed by atoms with Crippen molar-refractivity contribution in [2.24, 2.45) is 0 Å². The van der Waals surface area contributed by atoms with E-state index in [-0.39, 0.29) is 5.91 Å². The van der Waals surface area contributed by atoms with Crippen LogP contribution in [0.3, 0.4) is 0 Å². The number of hydrogen-bond donors (Lipinski definition) is 0. The van der Waals surface area contributed by atoms with E-state index in [4.69, 9.17) is 4.42 Å². The predicted molar refractivity (Wildman–Crippen MR) is 98.9 cm³/mol. The molecule has 0 fully saturated rings. The van der Waals surface area contributed by atoms with E-state index in [1.165, 1.54) is 0 Å². The van der Waals surface area contributed by atoms with Crippen molar-refractivity contribution in [2.75, 3.05) is 4.90 Å². The molecule has 0 radical (unpaired) electrons. The third-order valence-corrected chi connectivity index (χ3v) is 4.27. The van der Waals surface area contributed by atoms with Gasteiger partial charge in [-0.25, -0.2) is 4.68 Å². The normalized spacial score (nSPS) is 11.0. The van der Waals surface area contributed by atoms with Gasteiger partial charge in [-0.3, -0.25) is 4.79 Å². The van der Waals surface area contributed by atoms with Gasteiger partial charge in [0.05, 0.1) is 18.3 Å². The van der Waals surface area contributed by atoms with Gasteiger partial charge in [-0.2, -0.15) is 0 Å². The van der Waals surface area contributed by atoms with Gasteiger partial charge in [0.1, 0.15) is 11.3 Å². The number of para-hydroxylation sites is 1. The Labute approximate surface area is 150 Å². The van der Waals surface area contributed by atoms with Crippen LogP contribution in [-0.4, -0.2) is 20.9 Å². The summed E-state index contributed by atoms with van der Waals surface area (Å²) in [5, 5.41) is 8.27. The van der Waals surface area contributed by atoms with Crippen LogP contribution in [0.25, 0.3) is 11.0 Å². The number of benzene rings is 2. The van der Waals surface area contributed by atoms with Crippen LogP contribution >= 0.6 is 0 Å². The van der Waals surface area contributed by atoms with Crippen molar-refractivity contribution in [1.29, 1.82) is 0 Å². The summed E-state index contributed by atoms with van der Waals surface area (Å²) in [5.41, 5.74) is 3.01. The fourth-order valence-electron chi connectivity index (χ4n) is 2.94. The highest BCUT2D eigenvalue weighted by Gasteiger charge is 2.20. The van der Waals surface area contributed by atoms with E-state index in [1.807, 2.05) is 61.5 Å². The molecule has 4 rings (SSSR count). The lowest BCUT2D eigenvalue weighted by molar-refractivity contribution is 0.0983. The lowest BCUT2D eigenvalue weighted by Crippen LogP contribution is -2.30. The topological polar surface area (TPSA) is 64.2 Å². The molecule has 0 saturated carbocycles. The van der Waals surface area contributed by atoms with Crippen molar-refractivity contribution < 1.29 is 9.21 Å². The fraction of sp³-hybridized carbons (Fsp3) is 0.150. The Morgan fingerprint density at radius 3 is 2.69 bits per heavy atom. The number of anilines is 1. The maximum Gasteiger partial charge on any atom is 0.258 e. The molecular weight excluding hydrogens is 328 g/mol. The van der Waals surface area contributed by atoms with Gasteiger partial charge in [-0.1, -0.05) is 23.4 Å². The first kappa shape index (κ1) is 16.1. The van der Waals surface area contributed by atoms with Crippen molar-refractivity contribution in [3.8, 4) is 0 Å². The van der Waals surface area contributed by atoms with Crippen molar-refractivity contribution in [3.63, 3.8) is 0 Å². The van der Waals surface area contributed by atoms with E-state index in [2.05, 4.69) is 10.3 Å². The highest BCUT2D eigenvalue weighted by molar-refractivity contribution is 6.07. The predicted octanol–water partition coefficient (Wildman–Crippen LogP) is 3.89. The number of nitrogens with zero attached hydrogens (tertiary/aromatic N) is 4. The third-order valence-electron chi connectivity index (χ3n) is 4.27. The molecular formula is C20H18N4O2. The minimum absolute atomic E-state index is 0.111. The quantitative estimate of drug-likeness (QED) is 0.550. The first-order valence-corrected chi connectivity index (χ1v) is 8.49. The van der Waals surface area contributed by atoms with E-state index >= 15 is 0 Å². The van der Waals surface area contributed by atoms with E-state index < -0.39 is 0 Å². The molecule has 0 bridgehead atoms. The average Bonchev–Trinajstić information content (AvgIpc) is 3.35. The second-order valence-corrected chi connectivity index (χ2v) is 5.91. The fourth-order valence-corrected chi connectivity index (χ4v) is 2.94. The summed E-state index contributed by atoms with van der Waals surface area (Å²) < 4.78 is 7.25. The van der Waals surface area contributed by atoms with Gasteiger partial charge in [-0.05, 0) is 49.4 Å². The van der Waals surface area contributed by atoms with Crippen molar-refractivity contribution in [3.05, 3.63) is 78.3 Å². The molecule has 0 spiro atoms. The molecule has 2 heterocycles. The number of furan rings is 1. The minimum atomic E-state index is -0.111. The van der Waals surface area contributed by atoms with Crippen molar-refractivity contribution in [1.82, 2.24) is 15.0 Å². The molecule has 0 atom stereocenters. The molecule has 0 saturated heterocycles. The second kappa shape index (κ2) is 6.84. The standard InChI is InChI=1S/C20H18N4O2/c1-2-24-19-11-10-15(13-18(19)21-22-24)20(25)23(14-17-9-6-12-26-17)16-7-4-3-5-8-16/h3-13H,2,14H2,1H3. The molecule has 1 amide bonds. The Kier molecular flexibility index (Phi) is 4.23. The first-order valence-electron chi connectivity index (χ1n) is 8.49. The zero-order valence-electron chi connectivity index (χ0n) is 14.4. The molecule has 0 aliphatic rings. The Balaban J connectivity index is 1.71. The molecule has 0 aliphatic carbocycles. The number of amides is 1. The summed E-state index contributed by atoms with van der Waals surface area (Å²) in [6, 6.07) is 18.7. The Morgan fingerprint density at radius 1 is 1.12 bits per heavy atom. The van der Waals surface area contributed by atoms with Crippen LogP contribution in [0.4, 0.5) is 5.69 Å². The molecule has 0 unspecified atom stereocenters. The number of hydrogen-bond acceptors (Lipinski definition) is 4. The van der Waals surface area contributed by atoms with E-state index in [1.54, 1.807) is 21.9 Å². The number of carbonyl (C=O) groups excluding carboxylic acids is 1. The number of fused-ring (bicyclic) bond motifs is 1. The minimum Gasteiger partial charge on any atom is -0.467 e. The summed E-state index contributed by atoms with van der Waals surface area (Å²) >= 11 is 0. The maximum absolute atomic E-state index is 13.2. The van der Waals surface area contributed by atoms with Crippen LogP contribution in [-0.2, 0) is 13.1 Å². The van der Waals surface area contributed by atoms with Crippen molar-refractivity contribution >= 4 is 22.6 Å². The SMILES string of the molecule is CCn1nnc2cc(C(=O)N(Cc3ccco3)c3ccccc3)ccc21. The summed E-state index contributed by atoms with van der Waals surface area (Å²) in [6.07, 6.45) is 1.61. The van der Waals surface area contributed by atoms with Crippen LogP contribution in [0.1, 0.15) is 23.0 Å². The van der Waals surface area contributed by atoms with Crippen LogP contribution in [0.15, 0.2) is 71.3 Å². The van der Waals surface area contributed by atoms with Gasteiger partial charge in [0, 0.05) is 17.8 Å². The van der Waals surface area contributed by atoms with Gasteiger partial charge < -0.3 is 9.32 Å². The van der Waals surface area contributed by atoms with Crippen LogP contribution in [0.5, 0.6) is 0 Å². The monoisotopic (exact) mass is 346 g/mol. The number of aromatic nitrogens is 3. The highest BCUT2D eigenvalue weighted by atomic mass is 16.3. The van der Waals surface area contributed by atoms with Gasteiger partial charge in [-0.15, -0.1) is 5.10 Å². The Bertz CT molecular complexity index is 1020. The van der Waals surface area contributed by atoms with Crippen LogP contribution < -0.4 is 4.90 Å². The largest absolute Gasteiger partial charge is 0.467 e. The summed E-state index contributed by atoms with van der Waals surface area (Å²) in [5.74, 6) is 0.612. The number of aryl methyl sites for hydroxylation is 1. The Hall–Kier alpha value is -3.41. The molecule has 0 aliphatic heterocycles. The smallest absolute Gasteiger partial charge is 0.258 e. The lowest BCUT2D eigenvalue weighted by atomic mass is 10.1. The molecule has 0 N–H and O–H groups in total. The molecule has 6 heteroatoms. The molecule has 26 heavy (non-hydrogen) atoms. The van der Waals surface area contributed by atoms with Gasteiger partial charge in [0.2, 0.25) is 0 Å². The number of rotatable bonds is 5. The lowest BCUT2D eigenvalue weighted by Gasteiger charge is -2.22. The van der Waals surface area contributed by atoms with E-state index in [0.29, 0.717) is 17.6 Å². The maximum atomic E-state index is 13.2. The Morgan fingerprint density at radius 2 is 1.96 bits per heavy atom. The van der Waals surface area contributed by atoms with Gasteiger partial charge >= 0.3 is 0 Å². The molecule has 6 nitrogen and oxygen atoms in total. The van der Waals surface area contributed by atoms with E-state index in [9.17, 15) is 4.79 Å². The van der Waals surface area contributed by atoms with Gasteiger partial charge in [0.25, 0.3) is 5.91 Å².